The van der Waals surface area contributed by atoms with Crippen LogP contribution in [-0.4, -0.2) is 29.4 Å². The minimum atomic E-state index is -0.399. The number of fused-ring (bicyclic) bond motifs is 2. The predicted molar refractivity (Wildman–Crippen MR) is 97.3 cm³/mol. The first-order valence-electron chi connectivity index (χ1n) is 7.75. The van der Waals surface area contributed by atoms with Gasteiger partial charge in [-0.3, -0.25) is 15.1 Å². The van der Waals surface area contributed by atoms with Crippen LogP contribution in [-0.2, 0) is 4.79 Å². The minimum Gasteiger partial charge on any atom is -0.497 e. The van der Waals surface area contributed by atoms with E-state index in [0.717, 1.165) is 21.9 Å². The van der Waals surface area contributed by atoms with E-state index < -0.39 is 6.17 Å². The minimum absolute atomic E-state index is 0.166. The van der Waals surface area contributed by atoms with Gasteiger partial charge in [0, 0.05) is 5.22 Å². The molecule has 126 valence electrons. The van der Waals surface area contributed by atoms with E-state index in [1.165, 1.54) is 11.8 Å². The fourth-order valence-electron chi connectivity index (χ4n) is 2.91. The van der Waals surface area contributed by atoms with Crippen LogP contribution in [0.2, 0.25) is 0 Å². The number of hydrogen-bond donors (Lipinski definition) is 1. The van der Waals surface area contributed by atoms with Crippen molar-refractivity contribution < 1.29 is 9.53 Å². The number of hydrogen-bond acceptors (Lipinski definition) is 6. The molecule has 0 unspecified atom stereocenters. The van der Waals surface area contributed by atoms with Crippen molar-refractivity contribution in [2.45, 2.75) is 6.17 Å². The maximum absolute atomic E-state index is 12.7. The van der Waals surface area contributed by atoms with Gasteiger partial charge in [0.05, 0.1) is 12.5 Å². The summed E-state index contributed by atoms with van der Waals surface area (Å²) in [6.45, 7) is 0. The number of carbonyl (C=O) groups excluding carboxylic acids is 1. The maximum Gasteiger partial charge on any atom is 0.276 e. The van der Waals surface area contributed by atoms with Crippen molar-refractivity contribution in [2.75, 3.05) is 13.4 Å². The molecule has 4 rings (SSSR count). The zero-order chi connectivity index (χ0) is 17.4. The van der Waals surface area contributed by atoms with Crippen LogP contribution in [0.1, 0.15) is 11.7 Å². The van der Waals surface area contributed by atoms with Crippen molar-refractivity contribution in [3.05, 3.63) is 64.7 Å². The van der Waals surface area contributed by atoms with Gasteiger partial charge in [0.25, 0.3) is 5.91 Å². The molecule has 25 heavy (non-hydrogen) atoms. The summed E-state index contributed by atoms with van der Waals surface area (Å²) in [4.78, 5) is 17.5. The quantitative estimate of drug-likeness (QED) is 0.882. The van der Waals surface area contributed by atoms with Gasteiger partial charge in [-0.1, -0.05) is 42.1 Å². The molecule has 0 radical (unpaired) electrons. The van der Waals surface area contributed by atoms with Gasteiger partial charge in [0.2, 0.25) is 0 Å². The standard InChI is InChI=1S/C18H16N4O2S/c1-24-12-9-7-11(8-10-12)16-19-14-6-4-3-5-13(14)15-17(23)20-18(25-2)21-22(15)16/h3-10,16H,1-2H3,(H,20,21,23)/t16-/m1/s1. The lowest BCUT2D eigenvalue weighted by Gasteiger charge is -2.33. The van der Waals surface area contributed by atoms with Gasteiger partial charge in [-0.2, -0.15) is 0 Å². The number of nitrogens with one attached hydrogen (secondary N) is 1. The second kappa shape index (κ2) is 6.25. The lowest BCUT2D eigenvalue weighted by molar-refractivity contribution is -0.116. The molecule has 1 atom stereocenters. The largest absolute Gasteiger partial charge is 0.497 e. The zero-order valence-electron chi connectivity index (χ0n) is 13.8. The number of hydrazone groups is 1. The van der Waals surface area contributed by atoms with Crippen molar-refractivity contribution in [3.8, 4) is 5.75 Å². The maximum atomic E-state index is 12.7. The Morgan fingerprint density at radius 3 is 2.64 bits per heavy atom. The van der Waals surface area contributed by atoms with Crippen molar-refractivity contribution in [2.24, 2.45) is 10.1 Å². The molecule has 0 saturated carbocycles. The Morgan fingerprint density at radius 2 is 1.92 bits per heavy atom. The van der Waals surface area contributed by atoms with Gasteiger partial charge >= 0.3 is 0 Å². The molecule has 0 spiro atoms. The van der Waals surface area contributed by atoms with Crippen molar-refractivity contribution >= 4 is 28.5 Å². The Bertz CT molecular complexity index is 985. The summed E-state index contributed by atoms with van der Waals surface area (Å²) in [5, 5.41) is 11.3. The average Bonchev–Trinajstić information content (AvgIpc) is 2.67. The van der Waals surface area contributed by atoms with Crippen molar-refractivity contribution in [3.63, 3.8) is 0 Å². The molecular weight excluding hydrogens is 336 g/mol. The molecule has 1 amide bonds. The first kappa shape index (κ1) is 15.7. The fourth-order valence-corrected chi connectivity index (χ4v) is 3.28. The first-order chi connectivity index (χ1) is 12.2. The van der Waals surface area contributed by atoms with Crippen LogP contribution in [0.3, 0.4) is 0 Å². The number of ether oxygens (including phenoxy) is 1. The Balaban J connectivity index is 1.93. The van der Waals surface area contributed by atoms with E-state index in [4.69, 9.17) is 9.73 Å². The van der Waals surface area contributed by atoms with Gasteiger partial charge in [-0.15, -0.1) is 5.10 Å². The van der Waals surface area contributed by atoms with Crippen LogP contribution in [0.4, 0.5) is 0 Å². The van der Waals surface area contributed by atoms with E-state index in [0.29, 0.717) is 10.9 Å². The Morgan fingerprint density at radius 1 is 1.16 bits per heavy atom. The lowest BCUT2D eigenvalue weighted by atomic mass is 10.1. The number of rotatable bonds is 2. The van der Waals surface area contributed by atoms with E-state index in [9.17, 15) is 4.79 Å². The van der Waals surface area contributed by atoms with Crippen LogP contribution in [0.5, 0.6) is 5.75 Å². The summed E-state index contributed by atoms with van der Waals surface area (Å²) >= 11 is 1.39. The van der Waals surface area contributed by atoms with Crippen LogP contribution < -0.4 is 20.6 Å². The van der Waals surface area contributed by atoms with Crippen molar-refractivity contribution in [1.82, 2.24) is 10.3 Å². The molecule has 0 saturated heterocycles. The Hall–Kier alpha value is -2.80. The molecule has 7 heteroatoms. The van der Waals surface area contributed by atoms with Crippen LogP contribution in [0.25, 0.3) is 5.70 Å². The highest BCUT2D eigenvalue weighted by molar-refractivity contribution is 8.13. The van der Waals surface area contributed by atoms with Gasteiger partial charge in [-0.25, -0.2) is 5.01 Å². The highest BCUT2D eigenvalue weighted by atomic mass is 32.2. The van der Waals surface area contributed by atoms with E-state index in [2.05, 4.69) is 10.4 Å². The topological polar surface area (TPSA) is 66.3 Å². The Labute approximate surface area is 148 Å². The highest BCUT2D eigenvalue weighted by Crippen LogP contribution is 2.31. The molecule has 0 bridgehead atoms. The summed E-state index contributed by atoms with van der Waals surface area (Å²) in [5.41, 5.74) is 1.45. The smallest absolute Gasteiger partial charge is 0.276 e. The summed E-state index contributed by atoms with van der Waals surface area (Å²) in [6, 6.07) is 15.3. The SMILES string of the molecule is COc1ccc([C@@H]2N=c3ccccc3=C3C(=O)NC(SC)=NN32)cc1. The lowest BCUT2D eigenvalue weighted by Crippen LogP contribution is -2.50. The van der Waals surface area contributed by atoms with Gasteiger partial charge < -0.3 is 4.74 Å². The highest BCUT2D eigenvalue weighted by Gasteiger charge is 2.34. The molecule has 2 aliphatic heterocycles. The van der Waals surface area contributed by atoms with E-state index in [-0.39, 0.29) is 5.91 Å². The number of carbonyl (C=O) groups is 1. The average molecular weight is 352 g/mol. The monoisotopic (exact) mass is 352 g/mol. The molecule has 0 aromatic heterocycles. The van der Waals surface area contributed by atoms with Crippen molar-refractivity contribution in [1.29, 1.82) is 0 Å². The normalized spacial score (nSPS) is 18.6. The summed E-state index contributed by atoms with van der Waals surface area (Å²) < 4.78 is 5.23. The second-order valence-corrected chi connectivity index (χ2v) is 6.34. The third-order valence-electron chi connectivity index (χ3n) is 4.12. The van der Waals surface area contributed by atoms with Crippen LogP contribution >= 0.6 is 11.8 Å². The fraction of sp³-hybridized carbons (Fsp3) is 0.167. The number of amidine groups is 1. The molecule has 2 heterocycles. The van der Waals surface area contributed by atoms with Gasteiger partial charge in [0.15, 0.2) is 11.3 Å². The number of nitrogens with zero attached hydrogens (tertiary/aromatic N) is 3. The van der Waals surface area contributed by atoms with Gasteiger partial charge in [-0.05, 0) is 30.0 Å². The van der Waals surface area contributed by atoms with Crippen LogP contribution in [0, 0.1) is 0 Å². The predicted octanol–water partition coefficient (Wildman–Crippen LogP) is 1.20. The molecule has 2 aliphatic rings. The zero-order valence-corrected chi connectivity index (χ0v) is 14.6. The third kappa shape index (κ3) is 2.66. The molecule has 1 N–H and O–H groups in total. The van der Waals surface area contributed by atoms with E-state index in [1.54, 1.807) is 12.1 Å². The number of amides is 1. The number of para-hydroxylation sites is 1. The van der Waals surface area contributed by atoms with E-state index >= 15 is 0 Å². The summed E-state index contributed by atoms with van der Waals surface area (Å²) in [6.07, 6.45) is 1.48. The first-order valence-corrected chi connectivity index (χ1v) is 8.98. The molecule has 6 nitrogen and oxygen atoms in total. The third-order valence-corrected chi connectivity index (χ3v) is 4.69. The summed E-state index contributed by atoms with van der Waals surface area (Å²) in [5.74, 6) is 0.606. The molecule has 0 fully saturated rings. The summed E-state index contributed by atoms with van der Waals surface area (Å²) in [7, 11) is 1.63. The second-order valence-electron chi connectivity index (χ2n) is 5.55. The van der Waals surface area contributed by atoms with Gasteiger partial charge in [0.1, 0.15) is 11.4 Å². The molecule has 0 aliphatic carbocycles. The number of benzene rings is 2. The van der Waals surface area contributed by atoms with E-state index in [1.807, 2.05) is 54.8 Å². The molecule has 2 aromatic rings. The number of thioether (sulfide) groups is 1. The number of methoxy groups -OCH3 is 1. The molecule has 2 aromatic carbocycles. The van der Waals surface area contributed by atoms with Crippen LogP contribution in [0.15, 0.2) is 58.6 Å². The Kier molecular flexibility index (Phi) is 3.93. The molecular formula is C18H16N4O2S.